The van der Waals surface area contributed by atoms with Gasteiger partial charge in [0.2, 0.25) is 5.91 Å². The molecule has 0 fully saturated rings. The highest BCUT2D eigenvalue weighted by atomic mass is 16.4. The first-order chi connectivity index (χ1) is 6.85. The quantitative estimate of drug-likeness (QED) is 0.780. The van der Waals surface area contributed by atoms with Crippen LogP contribution in [0.15, 0.2) is 24.3 Å². The molecule has 0 atom stereocenters. The maximum atomic E-state index is 11.1. The summed E-state index contributed by atoms with van der Waals surface area (Å²) in [7, 11) is 0. The molecule has 3 N–H and O–H groups in total. The van der Waals surface area contributed by atoms with Gasteiger partial charge in [-0.2, -0.15) is 0 Å². The van der Waals surface area contributed by atoms with E-state index in [1.807, 2.05) is 0 Å². The van der Waals surface area contributed by atoms with Gasteiger partial charge in [0.25, 0.3) is 0 Å². The molecule has 0 aromatic heterocycles. The molecule has 0 saturated heterocycles. The van der Waals surface area contributed by atoms with Crippen molar-refractivity contribution in [2.24, 2.45) is 5.73 Å². The molecule has 0 saturated carbocycles. The Balaban J connectivity index is 3.09. The third-order valence-corrected chi connectivity index (χ3v) is 2.47. The second kappa shape index (κ2) is 3.73. The van der Waals surface area contributed by atoms with Crippen molar-refractivity contribution < 1.29 is 14.7 Å². The lowest BCUT2D eigenvalue weighted by Crippen LogP contribution is -2.35. The Labute approximate surface area is 87.7 Å². The number of hydrogen-bond acceptors (Lipinski definition) is 2. The van der Waals surface area contributed by atoms with Gasteiger partial charge in [-0.25, -0.2) is 4.79 Å². The minimum absolute atomic E-state index is 0.194. The summed E-state index contributed by atoms with van der Waals surface area (Å²) < 4.78 is 0. The molecule has 0 heterocycles. The first kappa shape index (κ1) is 11.2. The summed E-state index contributed by atoms with van der Waals surface area (Å²) in [6.45, 7) is 3.40. The average Bonchev–Trinajstić information content (AvgIpc) is 2.17. The molecular weight excluding hydrogens is 194 g/mol. The van der Waals surface area contributed by atoms with Crippen LogP contribution in [0.5, 0.6) is 0 Å². The Bertz CT molecular complexity index is 393. The summed E-state index contributed by atoms with van der Waals surface area (Å²) >= 11 is 0. The fraction of sp³-hybridized carbons (Fsp3) is 0.273. The Morgan fingerprint density at radius 1 is 1.20 bits per heavy atom. The zero-order valence-corrected chi connectivity index (χ0v) is 8.65. The zero-order valence-electron chi connectivity index (χ0n) is 8.65. The lowest BCUT2D eigenvalue weighted by atomic mass is 9.84. The topological polar surface area (TPSA) is 80.4 Å². The molecule has 1 aromatic rings. The van der Waals surface area contributed by atoms with Gasteiger partial charge in [0.05, 0.1) is 11.0 Å². The molecule has 0 radical (unpaired) electrons. The fourth-order valence-corrected chi connectivity index (χ4v) is 1.17. The van der Waals surface area contributed by atoms with Crippen LogP contribution < -0.4 is 5.73 Å². The van der Waals surface area contributed by atoms with Gasteiger partial charge in [-0.15, -0.1) is 0 Å². The van der Waals surface area contributed by atoms with E-state index in [-0.39, 0.29) is 5.56 Å². The second-order valence-electron chi connectivity index (χ2n) is 3.87. The van der Waals surface area contributed by atoms with Gasteiger partial charge in [-0.1, -0.05) is 12.1 Å². The van der Waals surface area contributed by atoms with Gasteiger partial charge in [-0.3, -0.25) is 4.79 Å². The molecule has 1 rings (SSSR count). The zero-order chi connectivity index (χ0) is 11.6. The van der Waals surface area contributed by atoms with Crippen molar-refractivity contribution in [2.75, 3.05) is 0 Å². The van der Waals surface area contributed by atoms with Gasteiger partial charge in [-0.05, 0) is 31.5 Å². The van der Waals surface area contributed by atoms with Gasteiger partial charge in [0.15, 0.2) is 0 Å². The maximum Gasteiger partial charge on any atom is 0.335 e. The first-order valence-electron chi connectivity index (χ1n) is 4.49. The van der Waals surface area contributed by atoms with E-state index in [9.17, 15) is 9.59 Å². The number of nitrogens with two attached hydrogens (primary N) is 1. The van der Waals surface area contributed by atoms with Crippen LogP contribution in [0, 0.1) is 0 Å². The van der Waals surface area contributed by atoms with Crippen molar-refractivity contribution in [3.63, 3.8) is 0 Å². The maximum absolute atomic E-state index is 11.1. The van der Waals surface area contributed by atoms with Crippen molar-refractivity contribution in [3.8, 4) is 0 Å². The summed E-state index contributed by atoms with van der Waals surface area (Å²) in [5, 5.41) is 8.70. The molecule has 1 aromatic carbocycles. The van der Waals surface area contributed by atoms with Gasteiger partial charge in [0, 0.05) is 0 Å². The third-order valence-electron chi connectivity index (χ3n) is 2.47. The predicted octanol–water partition coefficient (Wildman–Crippen LogP) is 1.15. The lowest BCUT2D eigenvalue weighted by molar-refractivity contribution is -0.122. The van der Waals surface area contributed by atoms with Crippen LogP contribution in [0.1, 0.15) is 29.8 Å². The predicted molar refractivity (Wildman–Crippen MR) is 55.6 cm³/mol. The average molecular weight is 207 g/mol. The van der Waals surface area contributed by atoms with Crippen LogP contribution in [0.25, 0.3) is 0 Å². The van der Waals surface area contributed by atoms with Gasteiger partial charge < -0.3 is 10.8 Å². The summed E-state index contributed by atoms with van der Waals surface area (Å²) in [5.41, 5.74) is 5.37. The smallest absolute Gasteiger partial charge is 0.335 e. The molecule has 80 valence electrons. The summed E-state index contributed by atoms with van der Waals surface area (Å²) in [6.07, 6.45) is 0. The minimum Gasteiger partial charge on any atom is -0.478 e. The molecule has 0 bridgehead atoms. The SMILES string of the molecule is CC(C)(C(N)=O)c1ccc(C(=O)O)cc1. The Hall–Kier alpha value is -1.84. The number of carboxylic acid groups (broad SMARTS) is 1. The number of rotatable bonds is 3. The number of benzene rings is 1. The molecule has 4 nitrogen and oxygen atoms in total. The van der Waals surface area contributed by atoms with Crippen LogP contribution in [0.3, 0.4) is 0 Å². The van der Waals surface area contributed by atoms with Crippen LogP contribution in [-0.2, 0) is 10.2 Å². The van der Waals surface area contributed by atoms with Crippen molar-refractivity contribution >= 4 is 11.9 Å². The van der Waals surface area contributed by atoms with Crippen molar-refractivity contribution in [1.82, 2.24) is 0 Å². The van der Waals surface area contributed by atoms with Crippen molar-refractivity contribution in [2.45, 2.75) is 19.3 Å². The second-order valence-corrected chi connectivity index (χ2v) is 3.87. The minimum atomic E-state index is -0.988. The van der Waals surface area contributed by atoms with Crippen LogP contribution in [0.2, 0.25) is 0 Å². The van der Waals surface area contributed by atoms with E-state index in [0.29, 0.717) is 5.56 Å². The summed E-state index contributed by atoms with van der Waals surface area (Å²) in [5.74, 6) is -1.43. The third kappa shape index (κ3) is 2.15. The normalized spacial score (nSPS) is 11.1. The summed E-state index contributed by atoms with van der Waals surface area (Å²) in [4.78, 5) is 21.8. The highest BCUT2D eigenvalue weighted by Crippen LogP contribution is 2.22. The van der Waals surface area contributed by atoms with E-state index in [4.69, 9.17) is 10.8 Å². The molecule has 15 heavy (non-hydrogen) atoms. The Morgan fingerprint density at radius 3 is 2.00 bits per heavy atom. The molecule has 0 aliphatic carbocycles. The number of hydrogen-bond donors (Lipinski definition) is 2. The van der Waals surface area contributed by atoms with Crippen LogP contribution >= 0.6 is 0 Å². The lowest BCUT2D eigenvalue weighted by Gasteiger charge is -2.20. The highest BCUT2D eigenvalue weighted by Gasteiger charge is 2.27. The molecular formula is C11H13NO3. The molecule has 0 unspecified atom stereocenters. The van der Waals surface area contributed by atoms with E-state index in [0.717, 1.165) is 0 Å². The standard InChI is InChI=1S/C11H13NO3/c1-11(2,10(12)15)8-5-3-7(4-6-8)9(13)14/h3-6H,1-2H3,(H2,12,15)(H,13,14). The molecule has 0 aliphatic rings. The van der Waals surface area contributed by atoms with Gasteiger partial charge >= 0.3 is 5.97 Å². The van der Waals surface area contributed by atoms with E-state index in [1.165, 1.54) is 12.1 Å². The number of primary amides is 1. The fourth-order valence-electron chi connectivity index (χ4n) is 1.17. The van der Waals surface area contributed by atoms with E-state index < -0.39 is 17.3 Å². The molecule has 0 aliphatic heterocycles. The molecule has 0 spiro atoms. The number of carbonyl (C=O) groups is 2. The van der Waals surface area contributed by atoms with Crippen molar-refractivity contribution in [1.29, 1.82) is 0 Å². The number of aromatic carboxylic acids is 1. The van der Waals surface area contributed by atoms with E-state index >= 15 is 0 Å². The number of carbonyl (C=O) groups excluding carboxylic acids is 1. The number of amides is 1. The number of carboxylic acids is 1. The van der Waals surface area contributed by atoms with E-state index in [1.54, 1.807) is 26.0 Å². The summed E-state index contributed by atoms with van der Waals surface area (Å²) in [6, 6.07) is 6.13. The Morgan fingerprint density at radius 2 is 1.67 bits per heavy atom. The monoisotopic (exact) mass is 207 g/mol. The van der Waals surface area contributed by atoms with E-state index in [2.05, 4.69) is 0 Å². The van der Waals surface area contributed by atoms with Crippen LogP contribution in [0.4, 0.5) is 0 Å². The van der Waals surface area contributed by atoms with Gasteiger partial charge in [0.1, 0.15) is 0 Å². The van der Waals surface area contributed by atoms with Crippen molar-refractivity contribution in [3.05, 3.63) is 35.4 Å². The molecule has 1 amide bonds. The largest absolute Gasteiger partial charge is 0.478 e. The molecule has 4 heteroatoms. The first-order valence-corrected chi connectivity index (χ1v) is 4.49. The highest BCUT2D eigenvalue weighted by molar-refractivity contribution is 5.89. The van der Waals surface area contributed by atoms with Crippen LogP contribution in [-0.4, -0.2) is 17.0 Å². The Kier molecular flexibility index (Phi) is 2.79.